The zero-order valence-corrected chi connectivity index (χ0v) is 19.9. The van der Waals surface area contributed by atoms with Gasteiger partial charge in [-0.2, -0.15) is 0 Å². The van der Waals surface area contributed by atoms with Gasteiger partial charge in [-0.15, -0.1) is 0 Å². The van der Waals surface area contributed by atoms with E-state index in [1.165, 1.54) is 18.5 Å². The summed E-state index contributed by atoms with van der Waals surface area (Å²) in [6.07, 6.45) is 3.69. The van der Waals surface area contributed by atoms with Crippen molar-refractivity contribution >= 4 is 18.1 Å². The van der Waals surface area contributed by atoms with Gasteiger partial charge < -0.3 is 14.2 Å². The monoisotopic (exact) mass is 413 g/mol. The highest BCUT2D eigenvalue weighted by molar-refractivity contribution is 6.72. The summed E-state index contributed by atoms with van der Waals surface area (Å²) in [5, 5.41) is 1.66. The van der Waals surface area contributed by atoms with Gasteiger partial charge in [-0.3, -0.25) is 13.7 Å². The second kappa shape index (κ2) is 11.2. The number of hydrogen-bond donors (Lipinski definition) is 0. The van der Waals surface area contributed by atoms with Crippen molar-refractivity contribution in [3.8, 4) is 0 Å². The Balaban J connectivity index is 1.80. The summed E-state index contributed by atoms with van der Waals surface area (Å²) in [7, 11) is -1.98. The molecule has 6 nitrogen and oxygen atoms in total. The van der Waals surface area contributed by atoms with E-state index in [4.69, 9.17) is 14.2 Å². The van der Waals surface area contributed by atoms with Gasteiger partial charge in [0.25, 0.3) is 8.56 Å². The second-order valence-electron chi connectivity index (χ2n) is 7.91. The molecule has 0 atom stereocenters. The molecule has 0 aromatic carbocycles. The molecule has 3 saturated heterocycles. The third-order valence-corrected chi connectivity index (χ3v) is 13.8. The van der Waals surface area contributed by atoms with Crippen LogP contribution in [-0.2, 0) is 14.2 Å². The van der Waals surface area contributed by atoms with E-state index in [2.05, 4.69) is 33.6 Å². The molecule has 0 spiro atoms. The van der Waals surface area contributed by atoms with Crippen molar-refractivity contribution in [2.75, 3.05) is 78.9 Å². The number of hydrogen-bond acceptors (Lipinski definition) is 6. The number of allylic oxidation sites excluding steroid dienone is 2. The van der Waals surface area contributed by atoms with Crippen LogP contribution in [-0.4, -0.2) is 111 Å². The number of rotatable bonds is 8. The van der Waals surface area contributed by atoms with Crippen LogP contribution in [0.2, 0.25) is 12.1 Å². The first kappa shape index (κ1) is 21.6. The zero-order chi connectivity index (χ0) is 19.0. The van der Waals surface area contributed by atoms with Crippen LogP contribution in [0.5, 0.6) is 0 Å². The Kier molecular flexibility index (Phi) is 8.98. The fourth-order valence-electron chi connectivity index (χ4n) is 4.75. The van der Waals surface area contributed by atoms with E-state index in [1.807, 2.05) is 0 Å². The molecule has 0 amide bonds. The quantitative estimate of drug-likeness (QED) is 0.433. The van der Waals surface area contributed by atoms with Crippen molar-refractivity contribution in [1.29, 1.82) is 0 Å². The Labute approximate surface area is 168 Å². The molecule has 0 aromatic heterocycles. The molecule has 0 bridgehead atoms. The number of morpholine rings is 3. The summed E-state index contributed by atoms with van der Waals surface area (Å²) < 4.78 is 25.8. The molecule has 8 heteroatoms. The Morgan fingerprint density at radius 1 is 0.815 bits per heavy atom. The summed E-state index contributed by atoms with van der Waals surface area (Å²) >= 11 is 0. The van der Waals surface area contributed by atoms with Gasteiger partial charge in [0.05, 0.1) is 39.6 Å². The second-order valence-corrected chi connectivity index (χ2v) is 14.2. The van der Waals surface area contributed by atoms with Crippen LogP contribution in [0.4, 0.5) is 0 Å². The standard InChI is InChI=1S/C19H39N3O3Si2/c1-3-19(2)26-17-4-18-27(20-5-11-23-12-6-20,21-7-13-24-14-8-21)22-9-15-25-16-10-22/h3H,4-18,26H2,1-2H3. The topological polar surface area (TPSA) is 37.4 Å². The highest BCUT2D eigenvalue weighted by atomic mass is 28.4. The SMILES string of the molecule is CC=C(C)[SiH2]CCC[Si](N1CCOCC1)(N1CCOCC1)N1CCOCC1. The maximum atomic E-state index is 5.73. The van der Waals surface area contributed by atoms with Crippen LogP contribution in [0.15, 0.2) is 11.3 Å². The van der Waals surface area contributed by atoms with Crippen molar-refractivity contribution in [1.82, 2.24) is 13.7 Å². The van der Waals surface area contributed by atoms with Gasteiger partial charge in [-0.05, 0) is 19.9 Å². The Morgan fingerprint density at radius 3 is 1.59 bits per heavy atom. The summed E-state index contributed by atoms with van der Waals surface area (Å²) in [5.74, 6) is 0. The highest BCUT2D eigenvalue weighted by Gasteiger charge is 2.51. The van der Waals surface area contributed by atoms with Crippen molar-refractivity contribution in [2.45, 2.75) is 32.4 Å². The van der Waals surface area contributed by atoms with E-state index in [-0.39, 0.29) is 9.52 Å². The van der Waals surface area contributed by atoms with Crippen molar-refractivity contribution in [2.24, 2.45) is 0 Å². The fourth-order valence-corrected chi connectivity index (χ4v) is 12.2. The van der Waals surface area contributed by atoms with Gasteiger partial charge in [0.2, 0.25) is 0 Å². The first-order chi connectivity index (χ1) is 13.3. The summed E-state index contributed by atoms with van der Waals surface area (Å²) in [6, 6.07) is 2.79. The lowest BCUT2D eigenvalue weighted by Crippen LogP contribution is -2.78. The van der Waals surface area contributed by atoms with E-state index in [1.54, 1.807) is 5.20 Å². The molecule has 0 N–H and O–H groups in total. The molecular weight excluding hydrogens is 374 g/mol. The lowest BCUT2D eigenvalue weighted by molar-refractivity contribution is 0.0152. The molecule has 3 aliphatic heterocycles. The van der Waals surface area contributed by atoms with Gasteiger partial charge in [-0.1, -0.05) is 23.7 Å². The van der Waals surface area contributed by atoms with Crippen LogP contribution in [0.3, 0.4) is 0 Å². The van der Waals surface area contributed by atoms with Crippen LogP contribution in [0.1, 0.15) is 20.3 Å². The molecule has 0 aromatic rings. The maximum absolute atomic E-state index is 5.73. The Hall–Kier alpha value is -0.0662. The number of ether oxygens (including phenoxy) is 3. The van der Waals surface area contributed by atoms with Gasteiger partial charge in [-0.25, -0.2) is 0 Å². The molecule has 156 valence electrons. The van der Waals surface area contributed by atoms with Crippen LogP contribution in [0, 0.1) is 0 Å². The molecule has 27 heavy (non-hydrogen) atoms. The smallest absolute Gasteiger partial charge is 0.290 e. The van der Waals surface area contributed by atoms with Crippen LogP contribution < -0.4 is 0 Å². The molecule has 3 heterocycles. The largest absolute Gasteiger partial charge is 0.379 e. The molecule has 3 rings (SSSR count). The molecule has 0 saturated carbocycles. The third-order valence-electron chi connectivity index (χ3n) is 6.38. The lowest BCUT2D eigenvalue weighted by Gasteiger charge is -2.56. The highest BCUT2D eigenvalue weighted by Crippen LogP contribution is 2.30. The van der Waals surface area contributed by atoms with Crippen molar-refractivity contribution < 1.29 is 14.2 Å². The van der Waals surface area contributed by atoms with E-state index in [0.29, 0.717) is 0 Å². The van der Waals surface area contributed by atoms with Gasteiger partial charge in [0, 0.05) is 48.8 Å². The molecule has 3 aliphatic rings. The minimum absolute atomic E-state index is 0.0647. The normalized spacial score (nSPS) is 25.5. The summed E-state index contributed by atoms with van der Waals surface area (Å²) in [4.78, 5) is 0. The van der Waals surface area contributed by atoms with Gasteiger partial charge >= 0.3 is 0 Å². The zero-order valence-electron chi connectivity index (χ0n) is 17.5. The minimum Gasteiger partial charge on any atom is -0.379 e. The van der Waals surface area contributed by atoms with Crippen molar-refractivity contribution in [3.63, 3.8) is 0 Å². The van der Waals surface area contributed by atoms with Gasteiger partial charge in [0.1, 0.15) is 0 Å². The summed E-state index contributed by atoms with van der Waals surface area (Å²) in [6.45, 7) is 16.4. The van der Waals surface area contributed by atoms with Gasteiger partial charge in [0.15, 0.2) is 0 Å². The first-order valence-corrected chi connectivity index (χ1v) is 14.6. The maximum Gasteiger partial charge on any atom is 0.290 e. The lowest BCUT2D eigenvalue weighted by atomic mass is 10.5. The van der Waals surface area contributed by atoms with Crippen LogP contribution in [0.25, 0.3) is 0 Å². The average Bonchev–Trinajstić information content (AvgIpc) is 2.75. The van der Waals surface area contributed by atoms with E-state index in [9.17, 15) is 0 Å². The molecular formula is C19H39N3O3Si2. The fraction of sp³-hybridized carbons (Fsp3) is 0.895. The molecule has 0 unspecified atom stereocenters. The number of nitrogens with zero attached hydrogens (tertiary/aromatic N) is 3. The Morgan fingerprint density at radius 2 is 1.22 bits per heavy atom. The Bertz CT molecular complexity index is 418. The van der Waals surface area contributed by atoms with Crippen LogP contribution >= 0.6 is 0 Å². The predicted octanol–water partition coefficient (Wildman–Crippen LogP) is 0.823. The minimum atomic E-state index is -1.91. The molecule has 0 aliphatic carbocycles. The summed E-state index contributed by atoms with van der Waals surface area (Å²) in [5.41, 5.74) is 0. The predicted molar refractivity (Wildman–Crippen MR) is 115 cm³/mol. The van der Waals surface area contributed by atoms with E-state index < -0.39 is 8.56 Å². The third kappa shape index (κ3) is 5.51. The molecule has 3 fully saturated rings. The van der Waals surface area contributed by atoms with Crippen molar-refractivity contribution in [3.05, 3.63) is 11.3 Å². The average molecular weight is 414 g/mol. The van der Waals surface area contributed by atoms with E-state index in [0.717, 1.165) is 78.9 Å². The first-order valence-electron chi connectivity index (χ1n) is 10.9. The van der Waals surface area contributed by atoms with E-state index >= 15 is 0 Å². The molecule has 0 radical (unpaired) electrons.